The maximum atomic E-state index is 13.0. The molecular formula is C14H20FNOS. The fraction of sp³-hybridized carbons (Fsp3) is 0.571. The van der Waals surface area contributed by atoms with Gasteiger partial charge >= 0.3 is 0 Å². The van der Waals surface area contributed by atoms with E-state index in [1.165, 1.54) is 36.5 Å². The minimum atomic E-state index is -0.258. The summed E-state index contributed by atoms with van der Waals surface area (Å²) in [7, 11) is 0. The molecule has 0 aliphatic carbocycles. The van der Waals surface area contributed by atoms with Gasteiger partial charge < -0.3 is 10.5 Å². The number of benzene rings is 1. The van der Waals surface area contributed by atoms with Crippen LogP contribution in [0.15, 0.2) is 24.3 Å². The van der Waals surface area contributed by atoms with Gasteiger partial charge in [0.05, 0.1) is 6.61 Å². The first kappa shape index (κ1) is 13.7. The highest BCUT2D eigenvalue weighted by molar-refractivity contribution is 7.99. The van der Waals surface area contributed by atoms with Crippen LogP contribution in [0.1, 0.15) is 12.8 Å². The summed E-state index contributed by atoms with van der Waals surface area (Å²) >= 11 is 2.01. The third kappa shape index (κ3) is 3.89. The van der Waals surface area contributed by atoms with Crippen LogP contribution in [-0.4, -0.2) is 24.7 Å². The Balaban J connectivity index is 1.86. The van der Waals surface area contributed by atoms with Crippen LogP contribution >= 0.6 is 11.8 Å². The summed E-state index contributed by atoms with van der Waals surface area (Å²) in [6.45, 7) is 1.24. The SMILES string of the molecule is NCC(COc1cccc(F)c1)C1CCSCC1. The van der Waals surface area contributed by atoms with Crippen LogP contribution < -0.4 is 10.5 Å². The summed E-state index contributed by atoms with van der Waals surface area (Å²) in [5.41, 5.74) is 5.84. The first-order chi connectivity index (χ1) is 8.79. The van der Waals surface area contributed by atoms with E-state index in [1.807, 2.05) is 11.8 Å². The van der Waals surface area contributed by atoms with Gasteiger partial charge in [-0.15, -0.1) is 0 Å². The van der Waals surface area contributed by atoms with Crippen molar-refractivity contribution in [3.63, 3.8) is 0 Å². The molecule has 100 valence electrons. The zero-order valence-corrected chi connectivity index (χ0v) is 11.3. The summed E-state index contributed by atoms with van der Waals surface area (Å²) in [5.74, 6) is 3.82. The van der Waals surface area contributed by atoms with E-state index >= 15 is 0 Å². The second kappa shape index (κ2) is 7.00. The van der Waals surface area contributed by atoms with Gasteiger partial charge in [-0.1, -0.05) is 6.07 Å². The standard InChI is InChI=1S/C14H20FNOS/c15-13-2-1-3-14(8-13)17-10-12(9-16)11-4-6-18-7-5-11/h1-3,8,11-12H,4-7,9-10,16H2. The third-order valence-electron chi connectivity index (χ3n) is 3.50. The molecule has 2 N–H and O–H groups in total. The molecule has 1 unspecified atom stereocenters. The van der Waals surface area contributed by atoms with Gasteiger partial charge in [0, 0.05) is 12.0 Å². The molecule has 0 saturated carbocycles. The summed E-state index contributed by atoms with van der Waals surface area (Å²) in [5, 5.41) is 0. The summed E-state index contributed by atoms with van der Waals surface area (Å²) < 4.78 is 18.7. The molecule has 1 aliphatic rings. The van der Waals surface area contributed by atoms with Crippen LogP contribution in [0, 0.1) is 17.7 Å². The maximum absolute atomic E-state index is 13.0. The monoisotopic (exact) mass is 269 g/mol. The Hall–Kier alpha value is -0.740. The van der Waals surface area contributed by atoms with Crippen molar-refractivity contribution in [2.24, 2.45) is 17.6 Å². The van der Waals surface area contributed by atoms with Crippen molar-refractivity contribution in [1.82, 2.24) is 0 Å². The molecule has 0 spiro atoms. The molecule has 1 aromatic carbocycles. The van der Waals surface area contributed by atoms with Crippen molar-refractivity contribution in [1.29, 1.82) is 0 Å². The van der Waals surface area contributed by atoms with Gasteiger partial charge in [-0.2, -0.15) is 11.8 Å². The summed E-state index contributed by atoms with van der Waals surface area (Å²) in [6.07, 6.45) is 2.44. The molecule has 1 fully saturated rings. The number of rotatable bonds is 5. The van der Waals surface area contributed by atoms with Gasteiger partial charge in [-0.05, 0) is 48.9 Å². The van der Waals surface area contributed by atoms with Gasteiger partial charge in [0.1, 0.15) is 11.6 Å². The summed E-state index contributed by atoms with van der Waals surface area (Å²) in [6, 6.07) is 6.29. The number of nitrogens with two attached hydrogens (primary N) is 1. The number of hydrogen-bond acceptors (Lipinski definition) is 3. The van der Waals surface area contributed by atoms with E-state index in [9.17, 15) is 4.39 Å². The molecule has 2 nitrogen and oxygen atoms in total. The fourth-order valence-electron chi connectivity index (χ4n) is 2.34. The molecule has 1 saturated heterocycles. The first-order valence-corrected chi connectivity index (χ1v) is 7.61. The fourth-order valence-corrected chi connectivity index (χ4v) is 3.49. The predicted octanol–water partition coefficient (Wildman–Crippen LogP) is 2.92. The average Bonchev–Trinajstić information content (AvgIpc) is 2.41. The highest BCUT2D eigenvalue weighted by atomic mass is 32.2. The van der Waals surface area contributed by atoms with E-state index in [2.05, 4.69) is 0 Å². The van der Waals surface area contributed by atoms with Crippen molar-refractivity contribution < 1.29 is 9.13 Å². The highest BCUT2D eigenvalue weighted by Gasteiger charge is 2.23. The Morgan fingerprint density at radius 1 is 1.39 bits per heavy atom. The third-order valence-corrected chi connectivity index (χ3v) is 4.54. The average molecular weight is 269 g/mol. The normalized spacial score (nSPS) is 18.6. The van der Waals surface area contributed by atoms with Gasteiger partial charge in [0.2, 0.25) is 0 Å². The second-order valence-electron chi connectivity index (χ2n) is 4.71. The van der Waals surface area contributed by atoms with Crippen molar-refractivity contribution in [3.8, 4) is 5.75 Å². The molecule has 1 atom stereocenters. The first-order valence-electron chi connectivity index (χ1n) is 6.46. The molecule has 1 aromatic rings. The number of thioether (sulfide) groups is 1. The van der Waals surface area contributed by atoms with E-state index in [-0.39, 0.29) is 5.82 Å². The molecule has 0 radical (unpaired) electrons. The van der Waals surface area contributed by atoms with Crippen LogP contribution in [0.3, 0.4) is 0 Å². The zero-order valence-electron chi connectivity index (χ0n) is 10.5. The molecule has 2 rings (SSSR count). The Bertz CT molecular complexity index is 369. The van der Waals surface area contributed by atoms with Gasteiger partial charge in [0.25, 0.3) is 0 Å². The van der Waals surface area contributed by atoms with Gasteiger partial charge in [-0.3, -0.25) is 0 Å². The predicted molar refractivity (Wildman–Crippen MR) is 74.5 cm³/mol. The van der Waals surface area contributed by atoms with E-state index in [0.29, 0.717) is 30.7 Å². The molecular weight excluding hydrogens is 249 g/mol. The van der Waals surface area contributed by atoms with E-state index in [1.54, 1.807) is 12.1 Å². The highest BCUT2D eigenvalue weighted by Crippen LogP contribution is 2.29. The molecule has 4 heteroatoms. The quantitative estimate of drug-likeness (QED) is 0.892. The van der Waals surface area contributed by atoms with Crippen molar-refractivity contribution >= 4 is 11.8 Å². The van der Waals surface area contributed by atoms with Crippen LogP contribution in [0.5, 0.6) is 5.75 Å². The van der Waals surface area contributed by atoms with Crippen LogP contribution in [0.2, 0.25) is 0 Å². The topological polar surface area (TPSA) is 35.2 Å². The molecule has 1 aliphatic heterocycles. The van der Waals surface area contributed by atoms with Crippen molar-refractivity contribution in [3.05, 3.63) is 30.1 Å². The van der Waals surface area contributed by atoms with E-state index in [0.717, 1.165) is 0 Å². The Morgan fingerprint density at radius 3 is 2.83 bits per heavy atom. The van der Waals surface area contributed by atoms with Gasteiger partial charge in [-0.25, -0.2) is 4.39 Å². The van der Waals surface area contributed by atoms with E-state index < -0.39 is 0 Å². The Labute approximate surface area is 112 Å². The maximum Gasteiger partial charge on any atom is 0.126 e. The zero-order chi connectivity index (χ0) is 12.8. The number of halogens is 1. The summed E-state index contributed by atoms with van der Waals surface area (Å²) in [4.78, 5) is 0. The van der Waals surface area contributed by atoms with Crippen molar-refractivity contribution in [2.75, 3.05) is 24.7 Å². The Morgan fingerprint density at radius 2 is 2.17 bits per heavy atom. The lowest BCUT2D eigenvalue weighted by Crippen LogP contribution is -2.31. The Kier molecular flexibility index (Phi) is 5.32. The van der Waals surface area contributed by atoms with Crippen LogP contribution in [0.25, 0.3) is 0 Å². The number of ether oxygens (including phenoxy) is 1. The molecule has 0 bridgehead atoms. The molecule has 0 amide bonds. The van der Waals surface area contributed by atoms with Crippen LogP contribution in [0.4, 0.5) is 4.39 Å². The second-order valence-corrected chi connectivity index (χ2v) is 5.94. The number of hydrogen-bond donors (Lipinski definition) is 1. The molecule has 0 aromatic heterocycles. The minimum absolute atomic E-state index is 0.258. The van der Waals surface area contributed by atoms with E-state index in [4.69, 9.17) is 10.5 Å². The largest absolute Gasteiger partial charge is 0.493 e. The van der Waals surface area contributed by atoms with Gasteiger partial charge in [0.15, 0.2) is 0 Å². The smallest absolute Gasteiger partial charge is 0.126 e. The lowest BCUT2D eigenvalue weighted by Gasteiger charge is -2.29. The van der Waals surface area contributed by atoms with Crippen molar-refractivity contribution in [2.45, 2.75) is 12.8 Å². The lowest BCUT2D eigenvalue weighted by molar-refractivity contribution is 0.190. The molecule has 1 heterocycles. The lowest BCUT2D eigenvalue weighted by atomic mass is 9.88. The van der Waals surface area contributed by atoms with Crippen LogP contribution in [-0.2, 0) is 0 Å². The molecule has 18 heavy (non-hydrogen) atoms. The minimum Gasteiger partial charge on any atom is -0.493 e.